The van der Waals surface area contributed by atoms with Crippen molar-refractivity contribution in [2.45, 2.75) is 18.4 Å². The standard InChI is InChI=1S/C11H13N3O4/c15-7-11(5-6-11)13-10(16)12-8-1-3-9(4-2-8)14(17)18/h1-4,15H,5-7H2,(H2,12,13,16). The molecule has 7 nitrogen and oxygen atoms in total. The van der Waals surface area contributed by atoms with Gasteiger partial charge >= 0.3 is 6.03 Å². The number of hydrogen-bond donors (Lipinski definition) is 3. The molecular formula is C11H13N3O4. The summed E-state index contributed by atoms with van der Waals surface area (Å²) in [5.74, 6) is 0. The minimum absolute atomic E-state index is 0.0324. The van der Waals surface area contributed by atoms with E-state index in [0.717, 1.165) is 12.8 Å². The zero-order valence-electron chi connectivity index (χ0n) is 9.55. The second-order valence-electron chi connectivity index (χ2n) is 4.32. The molecule has 0 aliphatic heterocycles. The number of amides is 2. The van der Waals surface area contributed by atoms with E-state index >= 15 is 0 Å². The van der Waals surface area contributed by atoms with Crippen LogP contribution in [0.25, 0.3) is 0 Å². The van der Waals surface area contributed by atoms with Crippen LogP contribution in [0.3, 0.4) is 0 Å². The van der Waals surface area contributed by atoms with Gasteiger partial charge in [-0.15, -0.1) is 0 Å². The number of nitro benzene ring substituents is 1. The monoisotopic (exact) mass is 251 g/mol. The van der Waals surface area contributed by atoms with Gasteiger partial charge in [-0.3, -0.25) is 10.1 Å². The first-order chi connectivity index (χ1) is 8.54. The van der Waals surface area contributed by atoms with E-state index in [1.165, 1.54) is 24.3 Å². The van der Waals surface area contributed by atoms with Crippen LogP contribution in [0, 0.1) is 10.1 Å². The molecule has 1 aliphatic rings. The van der Waals surface area contributed by atoms with Crippen molar-refractivity contribution in [1.29, 1.82) is 0 Å². The Kier molecular flexibility index (Phi) is 3.15. The zero-order valence-corrected chi connectivity index (χ0v) is 9.55. The number of hydrogen-bond acceptors (Lipinski definition) is 4. The lowest BCUT2D eigenvalue weighted by atomic mass is 10.3. The fraction of sp³-hybridized carbons (Fsp3) is 0.364. The molecule has 1 aromatic carbocycles. The van der Waals surface area contributed by atoms with Crippen LogP contribution in [-0.4, -0.2) is 28.2 Å². The summed E-state index contributed by atoms with van der Waals surface area (Å²) < 4.78 is 0. The Balaban J connectivity index is 1.93. The highest BCUT2D eigenvalue weighted by atomic mass is 16.6. The van der Waals surface area contributed by atoms with Gasteiger partial charge in [0, 0.05) is 17.8 Å². The number of benzene rings is 1. The molecule has 0 bridgehead atoms. The summed E-state index contributed by atoms with van der Waals surface area (Å²) in [6.07, 6.45) is 1.52. The molecule has 1 fully saturated rings. The normalized spacial score (nSPS) is 15.8. The summed E-state index contributed by atoms with van der Waals surface area (Å²) >= 11 is 0. The first kappa shape index (κ1) is 12.3. The molecule has 7 heteroatoms. The molecule has 0 unspecified atom stereocenters. The number of carbonyl (C=O) groups is 1. The Morgan fingerprint density at radius 3 is 2.44 bits per heavy atom. The van der Waals surface area contributed by atoms with Gasteiger partial charge in [-0.25, -0.2) is 4.79 Å². The van der Waals surface area contributed by atoms with E-state index < -0.39 is 16.5 Å². The molecule has 2 rings (SSSR count). The Labute approximate surface area is 103 Å². The number of aliphatic hydroxyl groups is 1. The summed E-state index contributed by atoms with van der Waals surface area (Å²) in [5, 5.41) is 24.7. The van der Waals surface area contributed by atoms with E-state index in [1.807, 2.05) is 0 Å². The van der Waals surface area contributed by atoms with Crippen molar-refractivity contribution in [2.24, 2.45) is 0 Å². The van der Waals surface area contributed by atoms with Crippen molar-refractivity contribution in [2.75, 3.05) is 11.9 Å². The number of rotatable bonds is 4. The predicted octanol–water partition coefficient (Wildman–Crippen LogP) is 1.24. The van der Waals surface area contributed by atoms with Crippen LogP contribution in [0.2, 0.25) is 0 Å². The lowest BCUT2D eigenvalue weighted by Crippen LogP contribution is -2.42. The molecule has 0 aromatic heterocycles. The molecule has 18 heavy (non-hydrogen) atoms. The lowest BCUT2D eigenvalue weighted by Gasteiger charge is -2.14. The molecule has 1 aromatic rings. The molecule has 1 saturated carbocycles. The molecule has 96 valence electrons. The van der Waals surface area contributed by atoms with E-state index in [-0.39, 0.29) is 12.3 Å². The van der Waals surface area contributed by atoms with Crippen LogP contribution in [0.1, 0.15) is 12.8 Å². The Hall–Kier alpha value is -2.15. The van der Waals surface area contributed by atoms with Gasteiger partial charge in [-0.2, -0.15) is 0 Å². The summed E-state index contributed by atoms with van der Waals surface area (Å²) in [7, 11) is 0. The second kappa shape index (κ2) is 4.61. The topological polar surface area (TPSA) is 104 Å². The molecule has 0 atom stereocenters. The summed E-state index contributed by atoms with van der Waals surface area (Å²) in [5.41, 5.74) is -0.0490. The van der Waals surface area contributed by atoms with Gasteiger partial charge < -0.3 is 15.7 Å². The number of nitro groups is 1. The maximum atomic E-state index is 11.6. The van der Waals surface area contributed by atoms with Crippen LogP contribution in [0.15, 0.2) is 24.3 Å². The van der Waals surface area contributed by atoms with Crippen LogP contribution < -0.4 is 10.6 Å². The number of anilines is 1. The Morgan fingerprint density at radius 1 is 1.39 bits per heavy atom. The molecular weight excluding hydrogens is 238 g/mol. The number of non-ortho nitro benzene ring substituents is 1. The minimum atomic E-state index is -0.505. The first-order valence-corrected chi connectivity index (χ1v) is 5.49. The van der Waals surface area contributed by atoms with Crippen LogP contribution in [0.4, 0.5) is 16.2 Å². The van der Waals surface area contributed by atoms with Gasteiger partial charge in [-0.1, -0.05) is 0 Å². The smallest absolute Gasteiger partial charge is 0.319 e. The van der Waals surface area contributed by atoms with Crippen molar-refractivity contribution >= 4 is 17.4 Å². The third kappa shape index (κ3) is 2.75. The molecule has 0 heterocycles. The van der Waals surface area contributed by atoms with Gasteiger partial charge in [-0.05, 0) is 25.0 Å². The van der Waals surface area contributed by atoms with Crippen molar-refractivity contribution in [3.05, 3.63) is 34.4 Å². The Bertz CT molecular complexity index is 468. The number of urea groups is 1. The largest absolute Gasteiger partial charge is 0.394 e. The second-order valence-corrected chi connectivity index (χ2v) is 4.32. The molecule has 0 saturated heterocycles. The van der Waals surface area contributed by atoms with E-state index in [4.69, 9.17) is 5.11 Å². The summed E-state index contributed by atoms with van der Waals surface area (Å²) in [6.45, 7) is -0.0827. The average Bonchev–Trinajstić information content (AvgIpc) is 3.10. The van der Waals surface area contributed by atoms with E-state index in [0.29, 0.717) is 5.69 Å². The highest BCUT2D eigenvalue weighted by molar-refractivity contribution is 5.90. The van der Waals surface area contributed by atoms with Gasteiger partial charge in [0.05, 0.1) is 17.1 Å². The van der Waals surface area contributed by atoms with E-state index in [1.54, 1.807) is 0 Å². The number of nitrogens with zero attached hydrogens (tertiary/aromatic N) is 1. The van der Waals surface area contributed by atoms with Gasteiger partial charge in [0.25, 0.3) is 5.69 Å². The fourth-order valence-electron chi connectivity index (χ4n) is 1.54. The predicted molar refractivity (Wildman–Crippen MR) is 64.3 cm³/mol. The Morgan fingerprint density at radius 2 is 2.00 bits per heavy atom. The molecule has 2 amide bonds. The fourth-order valence-corrected chi connectivity index (χ4v) is 1.54. The quantitative estimate of drug-likeness (QED) is 0.553. The highest BCUT2D eigenvalue weighted by Crippen LogP contribution is 2.34. The SMILES string of the molecule is O=C(Nc1ccc([N+](=O)[O-])cc1)NC1(CO)CC1. The molecule has 1 aliphatic carbocycles. The average molecular weight is 251 g/mol. The minimum Gasteiger partial charge on any atom is -0.394 e. The molecule has 3 N–H and O–H groups in total. The molecule has 0 radical (unpaired) electrons. The highest BCUT2D eigenvalue weighted by Gasteiger charge is 2.43. The van der Waals surface area contributed by atoms with Crippen LogP contribution >= 0.6 is 0 Å². The third-order valence-electron chi connectivity index (χ3n) is 2.87. The van der Waals surface area contributed by atoms with Gasteiger partial charge in [0.1, 0.15) is 0 Å². The molecule has 0 spiro atoms. The number of nitrogens with one attached hydrogen (secondary N) is 2. The summed E-state index contributed by atoms with van der Waals surface area (Å²) in [6, 6.07) is 5.12. The van der Waals surface area contributed by atoms with Crippen molar-refractivity contribution in [1.82, 2.24) is 5.32 Å². The van der Waals surface area contributed by atoms with Crippen LogP contribution in [-0.2, 0) is 0 Å². The van der Waals surface area contributed by atoms with E-state index in [9.17, 15) is 14.9 Å². The van der Waals surface area contributed by atoms with E-state index in [2.05, 4.69) is 10.6 Å². The number of aliphatic hydroxyl groups excluding tert-OH is 1. The van der Waals surface area contributed by atoms with Gasteiger partial charge in [0.2, 0.25) is 0 Å². The maximum Gasteiger partial charge on any atom is 0.319 e. The number of carbonyl (C=O) groups excluding carboxylic acids is 1. The van der Waals surface area contributed by atoms with Crippen molar-refractivity contribution < 1.29 is 14.8 Å². The first-order valence-electron chi connectivity index (χ1n) is 5.49. The zero-order chi connectivity index (χ0) is 13.2. The van der Waals surface area contributed by atoms with Crippen LogP contribution in [0.5, 0.6) is 0 Å². The lowest BCUT2D eigenvalue weighted by molar-refractivity contribution is -0.384. The van der Waals surface area contributed by atoms with Gasteiger partial charge in [0.15, 0.2) is 0 Å². The van der Waals surface area contributed by atoms with Crippen molar-refractivity contribution in [3.8, 4) is 0 Å². The summed E-state index contributed by atoms with van der Waals surface area (Å²) in [4.78, 5) is 21.5. The third-order valence-corrected chi connectivity index (χ3v) is 2.87. The maximum absolute atomic E-state index is 11.6. The van der Waals surface area contributed by atoms with Crippen molar-refractivity contribution in [3.63, 3.8) is 0 Å².